The molecule has 116 valence electrons. The first-order chi connectivity index (χ1) is 10.4. The summed E-state index contributed by atoms with van der Waals surface area (Å²) in [5.41, 5.74) is 3.30. The van der Waals surface area contributed by atoms with Crippen molar-refractivity contribution in [3.63, 3.8) is 0 Å². The maximum Gasteiger partial charge on any atom is 0.264 e. The highest BCUT2D eigenvalue weighted by molar-refractivity contribution is 9.10. The third-order valence-corrected chi connectivity index (χ3v) is 6.28. The topological polar surface area (TPSA) is 49.4 Å². The van der Waals surface area contributed by atoms with Crippen LogP contribution in [0.4, 0.5) is 11.4 Å². The first-order valence-corrected chi connectivity index (χ1v) is 9.27. The second kappa shape index (κ2) is 5.59. The van der Waals surface area contributed by atoms with Gasteiger partial charge in [0.05, 0.1) is 22.8 Å². The third kappa shape index (κ3) is 2.50. The number of benzene rings is 2. The molecule has 2 aromatic carbocycles. The van der Waals surface area contributed by atoms with Gasteiger partial charge < -0.3 is 5.32 Å². The van der Waals surface area contributed by atoms with Gasteiger partial charge in [0.2, 0.25) is 0 Å². The van der Waals surface area contributed by atoms with Gasteiger partial charge in [-0.15, -0.1) is 0 Å². The molecule has 0 saturated carbocycles. The predicted octanol–water partition coefficient (Wildman–Crippen LogP) is 3.69. The Morgan fingerprint density at radius 1 is 1.14 bits per heavy atom. The largest absolute Gasteiger partial charge is 0.382 e. The van der Waals surface area contributed by atoms with Crippen LogP contribution < -0.4 is 9.62 Å². The first kappa shape index (κ1) is 15.4. The Kier molecular flexibility index (Phi) is 3.91. The van der Waals surface area contributed by atoms with Gasteiger partial charge in [0, 0.05) is 11.0 Å². The van der Waals surface area contributed by atoms with Gasteiger partial charge in [-0.25, -0.2) is 8.42 Å². The number of para-hydroxylation sites is 1. The molecule has 1 heterocycles. The van der Waals surface area contributed by atoms with Gasteiger partial charge in [0.25, 0.3) is 10.0 Å². The number of nitrogens with one attached hydrogen (secondary N) is 1. The molecule has 0 spiro atoms. The van der Waals surface area contributed by atoms with Gasteiger partial charge in [-0.2, -0.15) is 0 Å². The molecule has 2 aromatic rings. The van der Waals surface area contributed by atoms with E-state index < -0.39 is 10.0 Å². The Morgan fingerprint density at radius 2 is 1.91 bits per heavy atom. The minimum Gasteiger partial charge on any atom is -0.382 e. The van der Waals surface area contributed by atoms with Gasteiger partial charge >= 0.3 is 0 Å². The van der Waals surface area contributed by atoms with Crippen molar-refractivity contribution in [3.8, 4) is 0 Å². The zero-order chi connectivity index (χ0) is 15.9. The van der Waals surface area contributed by atoms with Crippen LogP contribution in [-0.4, -0.2) is 21.5 Å². The number of halogens is 1. The number of nitrogens with zero attached hydrogens (tertiary/aromatic N) is 1. The van der Waals surface area contributed by atoms with Crippen LogP contribution in [0.25, 0.3) is 0 Å². The fourth-order valence-electron chi connectivity index (χ4n) is 2.80. The van der Waals surface area contributed by atoms with E-state index in [0.29, 0.717) is 18.0 Å². The fraction of sp³-hybridized carbons (Fsp3) is 0.250. The van der Waals surface area contributed by atoms with Crippen molar-refractivity contribution >= 4 is 37.3 Å². The first-order valence-electron chi connectivity index (χ1n) is 7.03. The number of fused-ring (bicyclic) bond motifs is 1. The number of aryl methyl sites for hydroxylation is 2. The van der Waals surface area contributed by atoms with Crippen molar-refractivity contribution in [2.75, 3.05) is 22.7 Å². The molecule has 0 aliphatic carbocycles. The van der Waals surface area contributed by atoms with Crippen LogP contribution in [0.5, 0.6) is 0 Å². The summed E-state index contributed by atoms with van der Waals surface area (Å²) >= 11 is 3.38. The molecule has 4 nitrogen and oxygen atoms in total. The average Bonchev–Trinajstić information content (AvgIpc) is 2.46. The smallest absolute Gasteiger partial charge is 0.264 e. The van der Waals surface area contributed by atoms with E-state index in [1.165, 1.54) is 4.31 Å². The molecule has 0 aromatic heterocycles. The molecular weight excluding hydrogens is 364 g/mol. The van der Waals surface area contributed by atoms with Crippen LogP contribution in [0.1, 0.15) is 11.1 Å². The van der Waals surface area contributed by atoms with Crippen molar-refractivity contribution in [1.82, 2.24) is 0 Å². The number of hydrogen-bond acceptors (Lipinski definition) is 3. The van der Waals surface area contributed by atoms with Gasteiger partial charge in [0.1, 0.15) is 0 Å². The molecule has 1 N–H and O–H groups in total. The molecule has 3 rings (SSSR count). The van der Waals surface area contributed by atoms with Crippen LogP contribution in [-0.2, 0) is 10.0 Å². The molecule has 1 aliphatic heterocycles. The van der Waals surface area contributed by atoms with E-state index in [4.69, 9.17) is 0 Å². The molecular formula is C16H17BrN2O2S. The fourth-order valence-corrected chi connectivity index (χ4v) is 5.03. The maximum atomic E-state index is 13.1. The number of hydrogen-bond donors (Lipinski definition) is 1. The Morgan fingerprint density at radius 3 is 2.64 bits per heavy atom. The van der Waals surface area contributed by atoms with Crippen molar-refractivity contribution in [2.45, 2.75) is 18.7 Å². The van der Waals surface area contributed by atoms with Gasteiger partial charge in [-0.1, -0.05) is 28.1 Å². The minimum absolute atomic E-state index is 0.354. The van der Waals surface area contributed by atoms with E-state index in [9.17, 15) is 8.42 Å². The molecule has 0 amide bonds. The summed E-state index contributed by atoms with van der Waals surface area (Å²) in [6.07, 6.45) is 0. The summed E-state index contributed by atoms with van der Waals surface area (Å²) in [7, 11) is -3.57. The van der Waals surface area contributed by atoms with Gasteiger partial charge in [-0.3, -0.25) is 4.31 Å². The van der Waals surface area contributed by atoms with Crippen LogP contribution in [0.15, 0.2) is 45.8 Å². The molecule has 22 heavy (non-hydrogen) atoms. The number of sulfonamides is 1. The third-order valence-electron chi connectivity index (χ3n) is 3.82. The summed E-state index contributed by atoms with van der Waals surface area (Å²) in [4.78, 5) is 0.354. The SMILES string of the molecule is Cc1cc(Br)ccc1S(=O)(=O)N1CCNc2cccc(C)c21. The highest BCUT2D eigenvalue weighted by atomic mass is 79.9. The summed E-state index contributed by atoms with van der Waals surface area (Å²) in [6.45, 7) is 4.78. The number of rotatable bonds is 2. The lowest BCUT2D eigenvalue weighted by atomic mass is 10.1. The lowest BCUT2D eigenvalue weighted by Gasteiger charge is -2.33. The Labute approximate surface area is 139 Å². The second-order valence-corrected chi connectivity index (χ2v) is 8.13. The zero-order valence-electron chi connectivity index (χ0n) is 12.4. The lowest BCUT2D eigenvalue weighted by Crippen LogP contribution is -2.39. The summed E-state index contributed by atoms with van der Waals surface area (Å²) in [6, 6.07) is 11.0. The van der Waals surface area contributed by atoms with Crippen LogP contribution in [0, 0.1) is 13.8 Å². The summed E-state index contributed by atoms with van der Waals surface area (Å²) in [5, 5.41) is 3.27. The van der Waals surface area contributed by atoms with E-state index in [-0.39, 0.29) is 0 Å². The Balaban J connectivity index is 2.16. The van der Waals surface area contributed by atoms with E-state index in [0.717, 1.165) is 27.0 Å². The molecule has 0 radical (unpaired) electrons. The number of anilines is 2. The Bertz CT molecular complexity index is 834. The summed E-state index contributed by atoms with van der Waals surface area (Å²) < 4.78 is 28.6. The molecule has 6 heteroatoms. The molecule has 0 bridgehead atoms. The van der Waals surface area contributed by atoms with Crippen LogP contribution in [0.3, 0.4) is 0 Å². The zero-order valence-corrected chi connectivity index (χ0v) is 14.8. The normalized spacial score (nSPS) is 14.4. The van der Waals surface area contributed by atoms with Crippen molar-refractivity contribution < 1.29 is 8.42 Å². The van der Waals surface area contributed by atoms with Crippen LogP contribution >= 0.6 is 15.9 Å². The van der Waals surface area contributed by atoms with E-state index >= 15 is 0 Å². The standard InChI is InChI=1S/C16H17BrN2O2S/c1-11-4-3-5-14-16(11)19(9-8-18-14)22(20,21)15-7-6-13(17)10-12(15)2/h3-7,10,18H,8-9H2,1-2H3. The van der Waals surface area contributed by atoms with E-state index in [1.807, 2.05) is 38.1 Å². The Hall–Kier alpha value is -1.53. The van der Waals surface area contributed by atoms with Crippen molar-refractivity contribution in [3.05, 3.63) is 52.0 Å². The van der Waals surface area contributed by atoms with Crippen molar-refractivity contribution in [2.24, 2.45) is 0 Å². The molecule has 0 unspecified atom stereocenters. The lowest BCUT2D eigenvalue weighted by molar-refractivity contribution is 0.590. The molecule has 0 fully saturated rings. The van der Waals surface area contributed by atoms with E-state index in [1.54, 1.807) is 12.1 Å². The van der Waals surface area contributed by atoms with Gasteiger partial charge in [-0.05, 0) is 49.2 Å². The van der Waals surface area contributed by atoms with E-state index in [2.05, 4.69) is 21.2 Å². The predicted molar refractivity (Wildman–Crippen MR) is 93.1 cm³/mol. The van der Waals surface area contributed by atoms with Crippen LogP contribution in [0.2, 0.25) is 0 Å². The highest BCUT2D eigenvalue weighted by Crippen LogP contribution is 2.36. The summed E-state index contributed by atoms with van der Waals surface area (Å²) in [5.74, 6) is 0. The average molecular weight is 381 g/mol. The van der Waals surface area contributed by atoms with Crippen molar-refractivity contribution in [1.29, 1.82) is 0 Å². The molecule has 0 saturated heterocycles. The highest BCUT2D eigenvalue weighted by Gasteiger charge is 2.31. The van der Waals surface area contributed by atoms with Gasteiger partial charge in [0.15, 0.2) is 0 Å². The quantitative estimate of drug-likeness (QED) is 0.863. The molecule has 0 atom stereocenters. The second-order valence-electron chi connectivity index (χ2n) is 5.38. The molecule has 1 aliphatic rings. The minimum atomic E-state index is -3.57. The maximum absolute atomic E-state index is 13.1. The monoisotopic (exact) mass is 380 g/mol.